The molecular weight excluding hydrogens is 450 g/mol. The Hall–Kier alpha value is -3.06. The van der Waals surface area contributed by atoms with Gasteiger partial charge in [-0.3, -0.25) is 14.9 Å². The molecule has 6 rings (SSSR count). The zero-order valence-corrected chi connectivity index (χ0v) is 21.0. The van der Waals surface area contributed by atoms with Crippen molar-refractivity contribution in [3.63, 3.8) is 0 Å². The van der Waals surface area contributed by atoms with Crippen LogP contribution in [0, 0.1) is 11.3 Å². The Labute approximate surface area is 213 Å². The molecule has 4 aliphatic rings. The van der Waals surface area contributed by atoms with E-state index >= 15 is 0 Å². The molecule has 1 atom stereocenters. The molecular formula is C29H37N5O2. The van der Waals surface area contributed by atoms with E-state index in [4.69, 9.17) is 5.73 Å². The number of carbonyl (C=O) groups is 2. The summed E-state index contributed by atoms with van der Waals surface area (Å²) in [5.74, 6) is 0.267. The molecule has 4 saturated heterocycles. The number of rotatable bonds is 5. The van der Waals surface area contributed by atoms with Crippen molar-refractivity contribution in [1.82, 2.24) is 10.2 Å². The Morgan fingerprint density at radius 1 is 0.833 bits per heavy atom. The van der Waals surface area contributed by atoms with Gasteiger partial charge in [0, 0.05) is 74.7 Å². The lowest BCUT2D eigenvalue weighted by Crippen LogP contribution is -2.58. The number of hydrogen-bond acceptors (Lipinski definition) is 6. The number of nitrogens with one attached hydrogen (secondary N) is 1. The number of amides is 2. The zero-order chi connectivity index (χ0) is 24.7. The predicted octanol–water partition coefficient (Wildman–Crippen LogP) is 3.22. The number of hydrogen-bond donors (Lipinski definition) is 2. The lowest BCUT2D eigenvalue weighted by atomic mass is 9.78. The average molecular weight is 488 g/mol. The Bertz CT molecular complexity index is 1100. The first-order chi connectivity index (χ1) is 17.5. The van der Waals surface area contributed by atoms with Gasteiger partial charge in [-0.1, -0.05) is 12.1 Å². The highest BCUT2D eigenvalue weighted by atomic mass is 16.2. The fourth-order valence-electron chi connectivity index (χ4n) is 6.80. The molecule has 4 aliphatic heterocycles. The highest BCUT2D eigenvalue weighted by molar-refractivity contribution is 6.00. The van der Waals surface area contributed by atoms with E-state index in [9.17, 15) is 9.59 Å². The lowest BCUT2D eigenvalue weighted by molar-refractivity contribution is -0.134. The molecule has 4 heterocycles. The zero-order valence-electron chi connectivity index (χ0n) is 21.0. The van der Waals surface area contributed by atoms with Crippen LogP contribution in [0.15, 0.2) is 48.5 Å². The van der Waals surface area contributed by atoms with E-state index in [1.165, 1.54) is 50.3 Å². The van der Waals surface area contributed by atoms with Crippen LogP contribution >= 0.6 is 0 Å². The molecule has 7 nitrogen and oxygen atoms in total. The third kappa shape index (κ3) is 4.69. The molecule has 190 valence electrons. The van der Waals surface area contributed by atoms with Crippen molar-refractivity contribution in [3.8, 4) is 0 Å². The number of nitrogens with zero attached hydrogens (tertiary/aromatic N) is 3. The molecule has 1 unspecified atom stereocenters. The van der Waals surface area contributed by atoms with Crippen molar-refractivity contribution in [3.05, 3.63) is 54.1 Å². The standard InChI is InChI=1S/C29H37N5O2/c30-23-3-7-24(8-4-23)33-14-11-21(12-15-33)17-32-18-29(19-32)13-16-34(20-29)25-5-1-22(2-6-25)26-9-10-27(35)31-28(26)36/h1-8,21,26H,9-20,30H2,(H,31,35,36). The minimum absolute atomic E-state index is 0.159. The lowest BCUT2D eigenvalue weighted by Gasteiger charge is -2.50. The van der Waals surface area contributed by atoms with Crippen LogP contribution in [0.2, 0.25) is 0 Å². The predicted molar refractivity (Wildman–Crippen MR) is 143 cm³/mol. The van der Waals surface area contributed by atoms with E-state index in [2.05, 4.69) is 56.4 Å². The van der Waals surface area contributed by atoms with Gasteiger partial charge in [0.2, 0.25) is 11.8 Å². The third-order valence-corrected chi connectivity index (χ3v) is 8.85. The fourth-order valence-corrected chi connectivity index (χ4v) is 6.80. The average Bonchev–Trinajstić information content (AvgIpc) is 3.31. The van der Waals surface area contributed by atoms with Crippen LogP contribution in [-0.4, -0.2) is 62.5 Å². The van der Waals surface area contributed by atoms with Gasteiger partial charge in [-0.15, -0.1) is 0 Å². The van der Waals surface area contributed by atoms with Gasteiger partial charge in [-0.25, -0.2) is 0 Å². The summed E-state index contributed by atoms with van der Waals surface area (Å²) in [6.07, 6.45) is 4.81. The molecule has 4 fully saturated rings. The van der Waals surface area contributed by atoms with Crippen molar-refractivity contribution in [2.24, 2.45) is 11.3 Å². The molecule has 2 aromatic rings. The number of nitrogens with two attached hydrogens (primary N) is 1. The number of nitrogen functional groups attached to an aromatic ring is 1. The minimum atomic E-state index is -0.208. The Balaban J connectivity index is 0.966. The van der Waals surface area contributed by atoms with Crippen molar-refractivity contribution in [2.75, 3.05) is 61.3 Å². The maximum atomic E-state index is 12.2. The van der Waals surface area contributed by atoms with Gasteiger partial charge in [-0.2, -0.15) is 0 Å². The number of imide groups is 1. The highest BCUT2D eigenvalue weighted by Crippen LogP contribution is 2.42. The molecule has 0 saturated carbocycles. The van der Waals surface area contributed by atoms with Crippen LogP contribution in [0.4, 0.5) is 17.1 Å². The second-order valence-corrected chi connectivity index (χ2v) is 11.5. The first-order valence-electron chi connectivity index (χ1n) is 13.5. The van der Waals surface area contributed by atoms with Crippen LogP contribution in [-0.2, 0) is 9.59 Å². The van der Waals surface area contributed by atoms with Gasteiger partial charge in [0.1, 0.15) is 0 Å². The van der Waals surface area contributed by atoms with E-state index in [0.717, 1.165) is 43.3 Å². The molecule has 0 aromatic heterocycles. The van der Waals surface area contributed by atoms with E-state index in [0.29, 0.717) is 18.3 Å². The Morgan fingerprint density at radius 3 is 2.19 bits per heavy atom. The smallest absolute Gasteiger partial charge is 0.234 e. The second-order valence-electron chi connectivity index (χ2n) is 11.5. The van der Waals surface area contributed by atoms with Crippen molar-refractivity contribution in [2.45, 2.75) is 38.0 Å². The molecule has 7 heteroatoms. The topological polar surface area (TPSA) is 81.9 Å². The van der Waals surface area contributed by atoms with Gasteiger partial charge < -0.3 is 20.4 Å². The molecule has 2 aromatic carbocycles. The quantitative estimate of drug-likeness (QED) is 0.498. The molecule has 36 heavy (non-hydrogen) atoms. The molecule has 0 aliphatic carbocycles. The molecule has 2 amide bonds. The number of piperidine rings is 2. The number of likely N-dealkylation sites (tertiary alicyclic amines) is 1. The summed E-state index contributed by atoms with van der Waals surface area (Å²) in [6, 6.07) is 16.7. The van der Waals surface area contributed by atoms with Crippen molar-refractivity contribution < 1.29 is 9.59 Å². The molecule has 0 radical (unpaired) electrons. The normalized spacial score (nSPS) is 24.7. The van der Waals surface area contributed by atoms with Crippen molar-refractivity contribution in [1.29, 1.82) is 0 Å². The van der Waals surface area contributed by atoms with Crippen LogP contribution in [0.1, 0.15) is 43.6 Å². The number of carbonyl (C=O) groups excluding carboxylic acids is 2. The summed E-state index contributed by atoms with van der Waals surface area (Å²) >= 11 is 0. The summed E-state index contributed by atoms with van der Waals surface area (Å²) < 4.78 is 0. The van der Waals surface area contributed by atoms with Crippen LogP contribution < -0.4 is 20.9 Å². The first-order valence-corrected chi connectivity index (χ1v) is 13.5. The molecule has 0 bridgehead atoms. The van der Waals surface area contributed by atoms with Gasteiger partial charge in [-0.05, 0) is 73.6 Å². The van der Waals surface area contributed by atoms with E-state index in [-0.39, 0.29) is 17.7 Å². The summed E-state index contributed by atoms with van der Waals surface area (Å²) in [7, 11) is 0. The van der Waals surface area contributed by atoms with E-state index in [1.54, 1.807) is 0 Å². The number of anilines is 3. The SMILES string of the molecule is Nc1ccc(N2CCC(CN3CC4(CCN(c5ccc(C6CCC(=O)NC6=O)cc5)C4)C3)CC2)cc1. The summed E-state index contributed by atoms with van der Waals surface area (Å²) in [5, 5.41) is 2.47. The second kappa shape index (κ2) is 9.43. The molecule has 3 N–H and O–H groups in total. The largest absolute Gasteiger partial charge is 0.399 e. The first kappa shape index (κ1) is 23.3. The van der Waals surface area contributed by atoms with E-state index in [1.807, 2.05) is 12.1 Å². The summed E-state index contributed by atoms with van der Waals surface area (Å²) in [4.78, 5) is 31.3. The van der Waals surface area contributed by atoms with E-state index < -0.39 is 0 Å². The van der Waals surface area contributed by atoms with Gasteiger partial charge in [0.05, 0.1) is 5.92 Å². The Kier molecular flexibility index (Phi) is 6.12. The van der Waals surface area contributed by atoms with Crippen LogP contribution in [0.5, 0.6) is 0 Å². The minimum Gasteiger partial charge on any atom is -0.399 e. The number of benzene rings is 2. The summed E-state index contributed by atoms with van der Waals surface area (Å²) in [6.45, 7) is 8.17. The highest BCUT2D eigenvalue weighted by Gasteiger charge is 2.47. The van der Waals surface area contributed by atoms with Crippen molar-refractivity contribution >= 4 is 28.9 Å². The van der Waals surface area contributed by atoms with Crippen LogP contribution in [0.3, 0.4) is 0 Å². The summed E-state index contributed by atoms with van der Waals surface area (Å²) in [5.41, 5.74) is 10.7. The maximum Gasteiger partial charge on any atom is 0.234 e. The van der Waals surface area contributed by atoms with Crippen LogP contribution in [0.25, 0.3) is 0 Å². The molecule has 1 spiro atoms. The van der Waals surface area contributed by atoms with Gasteiger partial charge in [0.15, 0.2) is 0 Å². The third-order valence-electron chi connectivity index (χ3n) is 8.85. The van der Waals surface area contributed by atoms with Gasteiger partial charge >= 0.3 is 0 Å². The Morgan fingerprint density at radius 2 is 1.50 bits per heavy atom. The van der Waals surface area contributed by atoms with Gasteiger partial charge in [0.25, 0.3) is 0 Å². The maximum absolute atomic E-state index is 12.2. The fraction of sp³-hybridized carbons (Fsp3) is 0.517. The monoisotopic (exact) mass is 487 g/mol.